The summed E-state index contributed by atoms with van der Waals surface area (Å²) in [5, 5.41) is 0. The molecule has 0 spiro atoms. The second-order valence-corrected chi connectivity index (χ2v) is 2.52. The van der Waals surface area contributed by atoms with Gasteiger partial charge in [0.1, 0.15) is 0 Å². The van der Waals surface area contributed by atoms with Gasteiger partial charge in [-0.1, -0.05) is 12.2 Å². The van der Waals surface area contributed by atoms with E-state index in [1.54, 1.807) is 0 Å². The molecule has 1 aliphatic rings. The maximum Gasteiger partial charge on any atom is 0.330 e. The van der Waals surface area contributed by atoms with Crippen LogP contribution in [-0.4, -0.2) is 13.1 Å². The molecule has 64 valence electrons. The van der Waals surface area contributed by atoms with E-state index >= 15 is 0 Å². The molecule has 0 amide bonds. The molecular formula is C9H11NO2. The van der Waals surface area contributed by atoms with Crippen molar-refractivity contribution in [1.82, 2.24) is 0 Å². The lowest BCUT2D eigenvalue weighted by atomic mass is 10.1. The summed E-state index contributed by atoms with van der Waals surface area (Å²) in [5.74, 6) is -0.343. The van der Waals surface area contributed by atoms with Crippen LogP contribution in [0.1, 0.15) is 6.42 Å². The molecule has 0 bridgehead atoms. The molecule has 0 saturated carbocycles. The molecule has 3 heteroatoms. The highest BCUT2D eigenvalue weighted by Crippen LogP contribution is 2.13. The molecule has 1 rings (SSSR count). The lowest BCUT2D eigenvalue weighted by molar-refractivity contribution is -0.134. The van der Waals surface area contributed by atoms with Crippen LogP contribution in [0.5, 0.6) is 0 Å². The number of allylic oxidation sites excluding steroid dienone is 4. The largest absolute Gasteiger partial charge is 0.466 e. The summed E-state index contributed by atoms with van der Waals surface area (Å²) >= 11 is 0. The van der Waals surface area contributed by atoms with Gasteiger partial charge in [0.25, 0.3) is 0 Å². The van der Waals surface area contributed by atoms with Crippen LogP contribution >= 0.6 is 0 Å². The van der Waals surface area contributed by atoms with Gasteiger partial charge < -0.3 is 10.5 Å². The summed E-state index contributed by atoms with van der Waals surface area (Å²) in [6.45, 7) is 0. The second-order valence-electron chi connectivity index (χ2n) is 2.52. The van der Waals surface area contributed by atoms with E-state index in [4.69, 9.17) is 5.73 Å². The summed E-state index contributed by atoms with van der Waals surface area (Å²) in [7, 11) is 1.35. The quantitative estimate of drug-likeness (QED) is 0.463. The molecule has 0 aromatic heterocycles. The minimum absolute atomic E-state index is 0.343. The summed E-state index contributed by atoms with van der Waals surface area (Å²) < 4.78 is 4.48. The predicted octanol–water partition coefficient (Wildman–Crippen LogP) is 0.888. The van der Waals surface area contributed by atoms with E-state index in [0.717, 1.165) is 11.3 Å². The zero-order valence-electron chi connectivity index (χ0n) is 6.91. The van der Waals surface area contributed by atoms with Crippen molar-refractivity contribution in [2.24, 2.45) is 5.73 Å². The van der Waals surface area contributed by atoms with Crippen LogP contribution in [-0.2, 0) is 9.53 Å². The normalized spacial score (nSPS) is 19.1. The summed E-state index contributed by atoms with van der Waals surface area (Å²) in [5.41, 5.74) is 7.19. The number of carbonyl (C=O) groups excluding carboxylic acids is 1. The average molecular weight is 165 g/mol. The summed E-state index contributed by atoms with van der Waals surface area (Å²) in [4.78, 5) is 10.8. The SMILES string of the molecule is COC(=O)C=C1C=CC=C(N)C1. The molecule has 0 fully saturated rings. The first-order chi connectivity index (χ1) is 5.72. The van der Waals surface area contributed by atoms with Crippen LogP contribution < -0.4 is 5.73 Å². The molecule has 0 aromatic rings. The fourth-order valence-electron chi connectivity index (χ4n) is 0.958. The van der Waals surface area contributed by atoms with Crippen molar-refractivity contribution in [3.05, 3.63) is 35.6 Å². The topological polar surface area (TPSA) is 52.3 Å². The molecule has 0 heterocycles. The highest BCUT2D eigenvalue weighted by Gasteiger charge is 2.02. The maximum absolute atomic E-state index is 10.8. The third-order valence-electron chi connectivity index (χ3n) is 1.53. The summed E-state index contributed by atoms with van der Waals surface area (Å²) in [6.07, 6.45) is 7.53. The first-order valence-electron chi connectivity index (χ1n) is 3.63. The number of hydrogen-bond donors (Lipinski definition) is 1. The first-order valence-corrected chi connectivity index (χ1v) is 3.63. The van der Waals surface area contributed by atoms with Gasteiger partial charge in [-0.2, -0.15) is 0 Å². The minimum atomic E-state index is -0.343. The zero-order chi connectivity index (χ0) is 8.97. The molecule has 0 atom stereocenters. The van der Waals surface area contributed by atoms with Crippen LogP contribution in [0, 0.1) is 0 Å². The predicted molar refractivity (Wildman–Crippen MR) is 46.1 cm³/mol. The molecular weight excluding hydrogens is 154 g/mol. The maximum atomic E-state index is 10.8. The Morgan fingerprint density at radius 1 is 1.75 bits per heavy atom. The average Bonchev–Trinajstić information content (AvgIpc) is 2.04. The Hall–Kier alpha value is -1.51. The van der Waals surface area contributed by atoms with E-state index < -0.39 is 0 Å². The number of methoxy groups -OCH3 is 1. The number of hydrogen-bond acceptors (Lipinski definition) is 3. The fraction of sp³-hybridized carbons (Fsp3) is 0.222. The Kier molecular flexibility index (Phi) is 2.69. The highest BCUT2D eigenvalue weighted by atomic mass is 16.5. The Morgan fingerprint density at radius 3 is 3.08 bits per heavy atom. The van der Waals surface area contributed by atoms with E-state index in [1.165, 1.54) is 13.2 Å². The Bertz CT molecular complexity index is 274. The second kappa shape index (κ2) is 3.76. The van der Waals surface area contributed by atoms with E-state index in [-0.39, 0.29) is 5.97 Å². The number of ether oxygens (including phenoxy) is 1. The van der Waals surface area contributed by atoms with E-state index in [2.05, 4.69) is 4.74 Å². The van der Waals surface area contributed by atoms with Gasteiger partial charge >= 0.3 is 5.97 Å². The van der Waals surface area contributed by atoms with Gasteiger partial charge in [-0.05, 0) is 11.6 Å². The van der Waals surface area contributed by atoms with Gasteiger partial charge in [-0.25, -0.2) is 4.79 Å². The van der Waals surface area contributed by atoms with Crippen molar-refractivity contribution in [2.75, 3.05) is 7.11 Å². The number of esters is 1. The molecule has 0 aromatic carbocycles. The Morgan fingerprint density at radius 2 is 2.50 bits per heavy atom. The summed E-state index contributed by atoms with van der Waals surface area (Å²) in [6, 6.07) is 0. The van der Waals surface area contributed by atoms with Gasteiger partial charge in [-0.3, -0.25) is 0 Å². The molecule has 12 heavy (non-hydrogen) atoms. The van der Waals surface area contributed by atoms with Gasteiger partial charge in [0.05, 0.1) is 7.11 Å². The van der Waals surface area contributed by atoms with Gasteiger partial charge in [0.2, 0.25) is 0 Å². The minimum Gasteiger partial charge on any atom is -0.466 e. The molecule has 0 radical (unpaired) electrons. The van der Waals surface area contributed by atoms with Gasteiger partial charge in [0, 0.05) is 18.2 Å². The third-order valence-corrected chi connectivity index (χ3v) is 1.53. The molecule has 0 saturated heterocycles. The Balaban J connectivity index is 2.67. The first kappa shape index (κ1) is 8.59. The zero-order valence-corrected chi connectivity index (χ0v) is 6.91. The van der Waals surface area contributed by atoms with Crippen molar-refractivity contribution >= 4 is 5.97 Å². The van der Waals surface area contributed by atoms with Gasteiger partial charge in [-0.15, -0.1) is 0 Å². The van der Waals surface area contributed by atoms with E-state index in [1.807, 2.05) is 18.2 Å². The smallest absolute Gasteiger partial charge is 0.330 e. The van der Waals surface area contributed by atoms with Crippen LogP contribution in [0.4, 0.5) is 0 Å². The molecule has 3 nitrogen and oxygen atoms in total. The standard InChI is InChI=1S/C9H11NO2/c1-12-9(11)6-7-3-2-4-8(10)5-7/h2-4,6H,5,10H2,1H3. The monoisotopic (exact) mass is 165 g/mol. The molecule has 1 aliphatic carbocycles. The molecule has 0 aliphatic heterocycles. The van der Waals surface area contributed by atoms with Crippen molar-refractivity contribution in [3.8, 4) is 0 Å². The highest BCUT2D eigenvalue weighted by molar-refractivity contribution is 5.83. The van der Waals surface area contributed by atoms with Crippen LogP contribution in [0.15, 0.2) is 35.6 Å². The van der Waals surface area contributed by atoms with E-state index in [0.29, 0.717) is 6.42 Å². The van der Waals surface area contributed by atoms with Crippen molar-refractivity contribution in [3.63, 3.8) is 0 Å². The molecule has 0 unspecified atom stereocenters. The third kappa shape index (κ3) is 2.27. The lowest BCUT2D eigenvalue weighted by Gasteiger charge is -2.05. The number of nitrogens with two attached hydrogens (primary N) is 1. The number of carbonyl (C=O) groups is 1. The number of rotatable bonds is 1. The Labute approximate surface area is 71.2 Å². The van der Waals surface area contributed by atoms with Crippen molar-refractivity contribution in [1.29, 1.82) is 0 Å². The van der Waals surface area contributed by atoms with Crippen molar-refractivity contribution in [2.45, 2.75) is 6.42 Å². The van der Waals surface area contributed by atoms with E-state index in [9.17, 15) is 4.79 Å². The van der Waals surface area contributed by atoms with Crippen molar-refractivity contribution < 1.29 is 9.53 Å². The van der Waals surface area contributed by atoms with Crippen LogP contribution in [0.3, 0.4) is 0 Å². The fourth-order valence-corrected chi connectivity index (χ4v) is 0.958. The van der Waals surface area contributed by atoms with Crippen LogP contribution in [0.25, 0.3) is 0 Å². The molecule has 2 N–H and O–H groups in total. The van der Waals surface area contributed by atoms with Crippen LogP contribution in [0.2, 0.25) is 0 Å². The lowest BCUT2D eigenvalue weighted by Crippen LogP contribution is -2.03. The van der Waals surface area contributed by atoms with Gasteiger partial charge in [0.15, 0.2) is 0 Å².